The summed E-state index contributed by atoms with van der Waals surface area (Å²) >= 11 is 0. The van der Waals surface area contributed by atoms with Crippen LogP contribution in [0.4, 0.5) is 11.9 Å². The Bertz CT molecular complexity index is 417. The zero-order valence-corrected chi connectivity index (χ0v) is 10.6. The predicted molar refractivity (Wildman–Crippen MR) is 66.9 cm³/mol. The summed E-state index contributed by atoms with van der Waals surface area (Å²) in [6.07, 6.45) is 1.25. The number of hydrogen-bond acceptors (Lipinski definition) is 8. The van der Waals surface area contributed by atoms with Gasteiger partial charge in [-0.1, -0.05) is 6.92 Å². The predicted octanol–water partition coefficient (Wildman–Crippen LogP) is 0.296. The highest BCUT2D eigenvalue weighted by molar-refractivity contribution is 5.36. The summed E-state index contributed by atoms with van der Waals surface area (Å²) in [5.74, 6) is 5.93. The van der Waals surface area contributed by atoms with Crippen molar-refractivity contribution in [3.05, 3.63) is 0 Å². The lowest BCUT2D eigenvalue weighted by Crippen LogP contribution is -2.23. The second-order valence-corrected chi connectivity index (χ2v) is 3.56. The summed E-state index contributed by atoms with van der Waals surface area (Å²) < 4.78 is 5.34. The molecule has 98 valence electrons. The van der Waals surface area contributed by atoms with E-state index >= 15 is 0 Å². The number of nitrogens with two attached hydrogens (primary N) is 1. The third kappa shape index (κ3) is 4.03. The number of anilines is 2. The molecule has 0 saturated heterocycles. The molecule has 8 nitrogen and oxygen atoms in total. The van der Waals surface area contributed by atoms with Gasteiger partial charge >= 0.3 is 6.01 Å². The van der Waals surface area contributed by atoms with Gasteiger partial charge in [0.2, 0.25) is 11.9 Å². The second-order valence-electron chi connectivity index (χ2n) is 3.56. The number of ether oxygens (including phenoxy) is 1. The first kappa shape index (κ1) is 13.9. The van der Waals surface area contributed by atoms with Gasteiger partial charge < -0.3 is 9.64 Å². The molecule has 18 heavy (non-hydrogen) atoms. The van der Waals surface area contributed by atoms with Gasteiger partial charge in [0.1, 0.15) is 0 Å². The number of hydrazine groups is 1. The van der Waals surface area contributed by atoms with Gasteiger partial charge in [0.15, 0.2) is 0 Å². The number of nitrogen functional groups attached to an aromatic ring is 1. The number of nitriles is 1. The molecule has 3 N–H and O–H groups in total. The van der Waals surface area contributed by atoms with Crippen molar-refractivity contribution in [3.63, 3.8) is 0 Å². The van der Waals surface area contributed by atoms with Crippen molar-refractivity contribution < 1.29 is 4.74 Å². The molecule has 0 spiro atoms. The molecule has 0 aliphatic heterocycles. The summed E-state index contributed by atoms with van der Waals surface area (Å²) in [4.78, 5) is 14.0. The topological polar surface area (TPSA) is 113 Å². The minimum atomic E-state index is 0.221. The molecule has 0 amide bonds. The SMILES string of the molecule is CCCOc1nc(NN)nc(N(C)CCC#N)n1. The Kier molecular flexibility index (Phi) is 5.60. The smallest absolute Gasteiger partial charge is 0.323 e. The number of rotatable bonds is 7. The van der Waals surface area contributed by atoms with Gasteiger partial charge in [-0.15, -0.1) is 0 Å². The van der Waals surface area contributed by atoms with Gasteiger partial charge in [-0.2, -0.15) is 20.2 Å². The molecule has 8 heteroatoms. The van der Waals surface area contributed by atoms with Gasteiger partial charge in [0.05, 0.1) is 19.1 Å². The van der Waals surface area contributed by atoms with Crippen molar-refractivity contribution in [2.24, 2.45) is 5.84 Å². The van der Waals surface area contributed by atoms with Crippen molar-refractivity contribution in [1.29, 1.82) is 5.26 Å². The van der Waals surface area contributed by atoms with Crippen LogP contribution in [0.1, 0.15) is 19.8 Å². The summed E-state index contributed by atoms with van der Waals surface area (Å²) in [5.41, 5.74) is 2.36. The summed E-state index contributed by atoms with van der Waals surface area (Å²) in [6.45, 7) is 3.04. The van der Waals surface area contributed by atoms with Crippen LogP contribution in [0.25, 0.3) is 0 Å². The van der Waals surface area contributed by atoms with E-state index in [0.29, 0.717) is 25.5 Å². The Balaban J connectivity index is 2.85. The highest BCUT2D eigenvalue weighted by Gasteiger charge is 2.10. The zero-order chi connectivity index (χ0) is 13.4. The van der Waals surface area contributed by atoms with Gasteiger partial charge in [-0.05, 0) is 6.42 Å². The van der Waals surface area contributed by atoms with E-state index in [-0.39, 0.29) is 12.0 Å². The zero-order valence-electron chi connectivity index (χ0n) is 10.6. The molecule has 0 bridgehead atoms. The summed E-state index contributed by atoms with van der Waals surface area (Å²) in [6, 6.07) is 2.28. The number of nitrogens with zero attached hydrogens (tertiary/aromatic N) is 5. The van der Waals surface area contributed by atoms with Crippen LogP contribution in [0.15, 0.2) is 0 Å². The van der Waals surface area contributed by atoms with Crippen molar-refractivity contribution in [3.8, 4) is 12.1 Å². The first-order valence-corrected chi connectivity index (χ1v) is 5.64. The Morgan fingerprint density at radius 3 is 2.83 bits per heavy atom. The van der Waals surface area contributed by atoms with Gasteiger partial charge in [-0.25, -0.2) is 5.84 Å². The Morgan fingerprint density at radius 2 is 2.22 bits per heavy atom. The van der Waals surface area contributed by atoms with Gasteiger partial charge in [-0.3, -0.25) is 5.43 Å². The summed E-state index contributed by atoms with van der Waals surface area (Å²) in [5, 5.41) is 8.55. The van der Waals surface area contributed by atoms with E-state index in [4.69, 9.17) is 15.8 Å². The molecule has 1 rings (SSSR count). The number of hydrogen-bond donors (Lipinski definition) is 2. The monoisotopic (exact) mass is 251 g/mol. The van der Waals surface area contributed by atoms with Gasteiger partial charge in [0.25, 0.3) is 0 Å². The maximum absolute atomic E-state index is 8.55. The van der Waals surface area contributed by atoms with E-state index < -0.39 is 0 Å². The molecule has 1 aromatic rings. The average Bonchev–Trinajstić information content (AvgIpc) is 2.41. The van der Waals surface area contributed by atoms with E-state index in [1.54, 1.807) is 11.9 Å². The van der Waals surface area contributed by atoms with Crippen molar-refractivity contribution in [2.75, 3.05) is 30.5 Å². The van der Waals surface area contributed by atoms with E-state index in [0.717, 1.165) is 6.42 Å². The van der Waals surface area contributed by atoms with Crippen LogP contribution in [0.3, 0.4) is 0 Å². The quantitative estimate of drug-likeness (QED) is 0.525. The van der Waals surface area contributed by atoms with Crippen molar-refractivity contribution >= 4 is 11.9 Å². The van der Waals surface area contributed by atoms with E-state index in [2.05, 4.69) is 26.4 Å². The Labute approximate surface area is 106 Å². The fourth-order valence-electron chi connectivity index (χ4n) is 1.16. The minimum Gasteiger partial charge on any atom is -0.463 e. The molecule has 0 saturated carbocycles. The normalized spacial score (nSPS) is 9.67. The van der Waals surface area contributed by atoms with Crippen LogP contribution in [0.5, 0.6) is 6.01 Å². The van der Waals surface area contributed by atoms with Crippen LogP contribution in [0, 0.1) is 11.3 Å². The molecule has 1 aromatic heterocycles. The Morgan fingerprint density at radius 1 is 1.44 bits per heavy atom. The molecule has 1 heterocycles. The molecule has 0 aromatic carbocycles. The third-order valence-corrected chi connectivity index (χ3v) is 2.07. The van der Waals surface area contributed by atoms with E-state index in [1.165, 1.54) is 0 Å². The maximum Gasteiger partial charge on any atom is 0.323 e. The number of nitrogens with one attached hydrogen (secondary N) is 1. The lowest BCUT2D eigenvalue weighted by atomic mass is 10.4. The molecular weight excluding hydrogens is 234 g/mol. The standard InChI is InChI=1S/C10H17N7O/c1-3-7-18-10-14-8(16-12)13-9(15-10)17(2)6-4-5-11/h3-4,6-7,12H2,1-2H3,(H,13,14,15,16). The second kappa shape index (κ2) is 7.24. The minimum absolute atomic E-state index is 0.221. The molecule has 0 aliphatic rings. The lowest BCUT2D eigenvalue weighted by molar-refractivity contribution is 0.292. The van der Waals surface area contributed by atoms with E-state index in [1.807, 2.05) is 6.92 Å². The number of aromatic nitrogens is 3. The largest absolute Gasteiger partial charge is 0.463 e. The molecule has 0 radical (unpaired) electrons. The van der Waals surface area contributed by atoms with Crippen LogP contribution < -0.4 is 20.9 Å². The first-order valence-electron chi connectivity index (χ1n) is 5.64. The highest BCUT2D eigenvalue weighted by Crippen LogP contribution is 2.13. The lowest BCUT2D eigenvalue weighted by Gasteiger charge is -2.16. The molecule has 0 fully saturated rings. The van der Waals surface area contributed by atoms with Crippen LogP contribution >= 0.6 is 0 Å². The fourth-order valence-corrected chi connectivity index (χ4v) is 1.16. The van der Waals surface area contributed by atoms with Crippen molar-refractivity contribution in [1.82, 2.24) is 15.0 Å². The average molecular weight is 251 g/mol. The fraction of sp³-hybridized carbons (Fsp3) is 0.600. The third-order valence-electron chi connectivity index (χ3n) is 2.07. The van der Waals surface area contributed by atoms with E-state index in [9.17, 15) is 0 Å². The van der Waals surface area contributed by atoms with Crippen LogP contribution in [-0.2, 0) is 0 Å². The highest BCUT2D eigenvalue weighted by atomic mass is 16.5. The molecular formula is C10H17N7O. The maximum atomic E-state index is 8.55. The van der Waals surface area contributed by atoms with Crippen LogP contribution in [0.2, 0.25) is 0 Å². The molecule has 0 unspecified atom stereocenters. The molecule has 0 aliphatic carbocycles. The molecule has 0 atom stereocenters. The first-order chi connectivity index (χ1) is 8.71. The van der Waals surface area contributed by atoms with Crippen molar-refractivity contribution in [2.45, 2.75) is 19.8 Å². The summed E-state index contributed by atoms with van der Waals surface area (Å²) in [7, 11) is 1.79. The van der Waals surface area contributed by atoms with Gasteiger partial charge in [0, 0.05) is 13.6 Å². The van der Waals surface area contributed by atoms with Crippen LogP contribution in [-0.4, -0.2) is 35.2 Å². The Hall–Kier alpha value is -2.14.